The van der Waals surface area contributed by atoms with Gasteiger partial charge in [-0.25, -0.2) is 14.2 Å². The van der Waals surface area contributed by atoms with Gasteiger partial charge in [0.05, 0.1) is 10.0 Å². The van der Waals surface area contributed by atoms with Crippen molar-refractivity contribution in [2.24, 2.45) is 0 Å². The smallest absolute Gasteiger partial charge is 0.344 e. The molecule has 0 saturated carbocycles. The predicted molar refractivity (Wildman–Crippen MR) is 85.7 cm³/mol. The van der Waals surface area contributed by atoms with Crippen LogP contribution in [-0.4, -0.2) is 30.1 Å². The molecule has 0 bridgehead atoms. The molecule has 0 spiro atoms. The van der Waals surface area contributed by atoms with Crippen molar-refractivity contribution in [1.29, 1.82) is 0 Å². The molecule has 2 rings (SSSR count). The lowest BCUT2D eigenvalue weighted by atomic mass is 10.3. The van der Waals surface area contributed by atoms with Crippen LogP contribution in [0.2, 0.25) is 10.0 Å². The van der Waals surface area contributed by atoms with Crippen molar-refractivity contribution >= 4 is 40.9 Å². The highest BCUT2D eigenvalue weighted by atomic mass is 35.5. The van der Waals surface area contributed by atoms with Gasteiger partial charge in [0.15, 0.2) is 13.2 Å². The molecule has 9 heteroatoms. The molecule has 0 aliphatic rings. The minimum atomic E-state index is -0.783. The fourth-order valence-electron chi connectivity index (χ4n) is 1.55. The number of nitrogens with zero attached hydrogens (tertiary/aromatic N) is 1. The van der Waals surface area contributed by atoms with Crippen molar-refractivity contribution < 1.29 is 23.5 Å². The van der Waals surface area contributed by atoms with E-state index < -0.39 is 30.9 Å². The number of carbonyl (C=O) groups is 2. The Bertz CT molecular complexity index is 741. The monoisotopic (exact) mass is 372 g/mol. The number of aromatic nitrogens is 1. The summed E-state index contributed by atoms with van der Waals surface area (Å²) in [7, 11) is 0. The molecule has 0 saturated heterocycles. The Hall–Kier alpha value is -2.38. The zero-order valence-electron chi connectivity index (χ0n) is 12.1. The minimum Gasteiger partial charge on any atom is -0.480 e. The van der Waals surface area contributed by atoms with E-state index in [2.05, 4.69) is 10.3 Å². The lowest BCUT2D eigenvalue weighted by Crippen LogP contribution is -2.24. The number of anilines is 1. The van der Waals surface area contributed by atoms with Crippen LogP contribution in [0.5, 0.6) is 5.75 Å². The molecule has 0 radical (unpaired) electrons. The van der Waals surface area contributed by atoms with Crippen LogP contribution < -0.4 is 10.1 Å². The first-order valence-electron chi connectivity index (χ1n) is 6.59. The second-order valence-electron chi connectivity index (χ2n) is 4.43. The zero-order valence-corrected chi connectivity index (χ0v) is 13.6. The second kappa shape index (κ2) is 8.47. The van der Waals surface area contributed by atoms with Gasteiger partial charge in [0.2, 0.25) is 0 Å². The number of pyridine rings is 1. The average molecular weight is 373 g/mol. The summed E-state index contributed by atoms with van der Waals surface area (Å²) in [4.78, 5) is 27.0. The van der Waals surface area contributed by atoms with Gasteiger partial charge in [0, 0.05) is 6.20 Å². The molecule has 1 aromatic carbocycles. The molecule has 6 nitrogen and oxygen atoms in total. The van der Waals surface area contributed by atoms with E-state index >= 15 is 0 Å². The quantitative estimate of drug-likeness (QED) is 0.788. The number of esters is 1. The van der Waals surface area contributed by atoms with Gasteiger partial charge in [0.25, 0.3) is 5.91 Å². The van der Waals surface area contributed by atoms with Crippen molar-refractivity contribution in [3.8, 4) is 5.75 Å². The molecule has 126 valence electrons. The van der Waals surface area contributed by atoms with E-state index in [0.29, 0.717) is 5.02 Å². The first-order chi connectivity index (χ1) is 11.4. The molecule has 1 aromatic heterocycles. The fourth-order valence-corrected chi connectivity index (χ4v) is 1.88. The maximum Gasteiger partial charge on any atom is 0.344 e. The molecule has 1 N–H and O–H groups in total. The largest absolute Gasteiger partial charge is 0.480 e. The number of rotatable bonds is 6. The maximum absolute atomic E-state index is 12.9. The molecule has 0 aliphatic carbocycles. The number of hydrogen-bond acceptors (Lipinski definition) is 5. The van der Waals surface area contributed by atoms with Gasteiger partial charge < -0.3 is 14.8 Å². The molecule has 1 heterocycles. The summed E-state index contributed by atoms with van der Waals surface area (Å²) in [5.74, 6) is -1.48. The van der Waals surface area contributed by atoms with Gasteiger partial charge in [-0.2, -0.15) is 0 Å². The highest BCUT2D eigenvalue weighted by molar-refractivity contribution is 6.32. The third-order valence-corrected chi connectivity index (χ3v) is 3.12. The summed E-state index contributed by atoms with van der Waals surface area (Å²) in [6.07, 6.45) is 1.36. The van der Waals surface area contributed by atoms with Crippen molar-refractivity contribution in [3.63, 3.8) is 0 Å². The molecule has 0 atom stereocenters. The summed E-state index contributed by atoms with van der Waals surface area (Å²) in [6, 6.07) is 6.52. The van der Waals surface area contributed by atoms with E-state index in [1.807, 2.05) is 0 Å². The molecule has 24 heavy (non-hydrogen) atoms. The van der Waals surface area contributed by atoms with E-state index in [0.717, 1.165) is 12.1 Å². The van der Waals surface area contributed by atoms with Crippen LogP contribution in [0.25, 0.3) is 0 Å². The summed E-state index contributed by atoms with van der Waals surface area (Å²) in [5.41, 5.74) is 0. The lowest BCUT2D eigenvalue weighted by molar-refractivity contribution is -0.149. The van der Waals surface area contributed by atoms with E-state index in [4.69, 9.17) is 32.7 Å². The normalized spacial score (nSPS) is 10.1. The molecular formula is C15H11Cl2FN2O4. The van der Waals surface area contributed by atoms with E-state index in [9.17, 15) is 14.0 Å². The topological polar surface area (TPSA) is 77.5 Å². The summed E-state index contributed by atoms with van der Waals surface area (Å²) >= 11 is 11.4. The number of nitrogens with one attached hydrogen (secondary N) is 1. The van der Waals surface area contributed by atoms with Gasteiger partial charge in [0.1, 0.15) is 17.4 Å². The molecule has 0 fully saturated rings. The number of amides is 1. The van der Waals surface area contributed by atoms with Crippen LogP contribution in [0.4, 0.5) is 10.2 Å². The SMILES string of the molecule is O=C(COC(=O)COc1ccc(F)cc1Cl)Nc1ccc(Cl)cn1. The van der Waals surface area contributed by atoms with Crippen LogP contribution in [-0.2, 0) is 14.3 Å². The van der Waals surface area contributed by atoms with Crippen LogP contribution in [0.15, 0.2) is 36.5 Å². The number of halogens is 3. The van der Waals surface area contributed by atoms with Crippen molar-refractivity contribution in [3.05, 3.63) is 52.4 Å². The lowest BCUT2D eigenvalue weighted by Gasteiger charge is -2.08. The summed E-state index contributed by atoms with van der Waals surface area (Å²) in [5, 5.41) is 2.87. The zero-order chi connectivity index (χ0) is 17.5. The molecule has 1 amide bonds. The Labute approximate surface area is 146 Å². The van der Waals surface area contributed by atoms with Crippen molar-refractivity contribution in [1.82, 2.24) is 4.98 Å². The second-order valence-corrected chi connectivity index (χ2v) is 5.28. The maximum atomic E-state index is 12.9. The molecule has 0 aliphatic heterocycles. The highest BCUT2D eigenvalue weighted by Gasteiger charge is 2.11. The number of carbonyl (C=O) groups excluding carboxylic acids is 2. The third kappa shape index (κ3) is 5.68. The number of hydrogen-bond donors (Lipinski definition) is 1. The van der Waals surface area contributed by atoms with Crippen LogP contribution in [0.1, 0.15) is 0 Å². The third-order valence-electron chi connectivity index (χ3n) is 2.60. The van der Waals surface area contributed by atoms with Crippen molar-refractivity contribution in [2.45, 2.75) is 0 Å². The predicted octanol–water partition coefficient (Wildman–Crippen LogP) is 3.09. The van der Waals surface area contributed by atoms with Crippen LogP contribution in [0, 0.1) is 5.82 Å². The van der Waals surface area contributed by atoms with Gasteiger partial charge >= 0.3 is 5.97 Å². The van der Waals surface area contributed by atoms with E-state index in [1.165, 1.54) is 18.3 Å². The molecule has 0 unspecified atom stereocenters. The van der Waals surface area contributed by atoms with E-state index in [-0.39, 0.29) is 16.6 Å². The Morgan fingerprint density at radius 1 is 1.17 bits per heavy atom. The first kappa shape index (κ1) is 18.0. The van der Waals surface area contributed by atoms with Crippen LogP contribution >= 0.6 is 23.2 Å². The minimum absolute atomic E-state index is 0.0226. The van der Waals surface area contributed by atoms with Gasteiger partial charge in [-0.05, 0) is 30.3 Å². The average Bonchev–Trinajstić information content (AvgIpc) is 2.54. The van der Waals surface area contributed by atoms with Gasteiger partial charge in [-0.1, -0.05) is 23.2 Å². The Morgan fingerprint density at radius 3 is 2.62 bits per heavy atom. The van der Waals surface area contributed by atoms with E-state index in [1.54, 1.807) is 6.07 Å². The highest BCUT2D eigenvalue weighted by Crippen LogP contribution is 2.24. The van der Waals surface area contributed by atoms with Crippen molar-refractivity contribution in [2.75, 3.05) is 18.5 Å². The van der Waals surface area contributed by atoms with Crippen LogP contribution in [0.3, 0.4) is 0 Å². The standard InChI is InChI=1S/C15H11Cl2FN2O4/c16-9-1-4-13(19-6-9)20-14(21)7-24-15(22)8-23-12-3-2-10(18)5-11(12)17/h1-6H,7-8H2,(H,19,20,21). The molecular weight excluding hydrogens is 362 g/mol. The van der Waals surface area contributed by atoms with Gasteiger partial charge in [-0.15, -0.1) is 0 Å². The Kier molecular flexibility index (Phi) is 6.34. The Balaban J connectivity index is 1.74. The molecule has 2 aromatic rings. The van der Waals surface area contributed by atoms with Gasteiger partial charge in [-0.3, -0.25) is 4.79 Å². The first-order valence-corrected chi connectivity index (χ1v) is 7.34. The number of benzene rings is 1. The number of ether oxygens (including phenoxy) is 2. The fraction of sp³-hybridized carbons (Fsp3) is 0.133. The summed E-state index contributed by atoms with van der Waals surface area (Å²) in [6.45, 7) is -0.985. The Morgan fingerprint density at radius 2 is 1.96 bits per heavy atom. The summed E-state index contributed by atoms with van der Waals surface area (Å²) < 4.78 is 22.7.